The Balaban J connectivity index is 2.60. The SMILES string of the molecule is COC(=O)CCCC#CCN(CCCC(COc1cccc(F)c1F)OC(C)=O)S(C)(=O)=O. The van der Waals surface area contributed by atoms with Crippen LogP contribution < -0.4 is 4.74 Å². The van der Waals surface area contributed by atoms with E-state index in [0.29, 0.717) is 19.3 Å². The highest BCUT2D eigenvalue weighted by atomic mass is 32.2. The number of unbranched alkanes of at least 4 members (excludes halogenated alkanes) is 1. The van der Waals surface area contributed by atoms with E-state index < -0.39 is 33.7 Å². The van der Waals surface area contributed by atoms with Crippen molar-refractivity contribution >= 4 is 22.0 Å². The number of hydrogen-bond acceptors (Lipinski definition) is 7. The van der Waals surface area contributed by atoms with E-state index in [1.165, 1.54) is 30.5 Å². The third-order valence-corrected chi connectivity index (χ3v) is 5.62. The van der Waals surface area contributed by atoms with Gasteiger partial charge in [-0.15, -0.1) is 5.92 Å². The zero-order valence-corrected chi connectivity index (χ0v) is 19.8. The molecule has 0 spiro atoms. The number of hydrogen-bond donors (Lipinski definition) is 0. The topological polar surface area (TPSA) is 99.2 Å². The molecule has 0 aliphatic rings. The van der Waals surface area contributed by atoms with E-state index in [2.05, 4.69) is 16.6 Å². The van der Waals surface area contributed by atoms with E-state index in [1.54, 1.807) is 0 Å². The maximum absolute atomic E-state index is 13.7. The normalized spacial score (nSPS) is 11.9. The average molecular weight is 490 g/mol. The summed E-state index contributed by atoms with van der Waals surface area (Å²) in [5, 5.41) is 0. The van der Waals surface area contributed by atoms with E-state index in [0.717, 1.165) is 12.3 Å². The quantitative estimate of drug-likeness (QED) is 0.239. The van der Waals surface area contributed by atoms with Gasteiger partial charge in [0, 0.05) is 26.3 Å². The maximum atomic E-state index is 13.7. The summed E-state index contributed by atoms with van der Waals surface area (Å²) in [5.74, 6) is 2.15. The largest absolute Gasteiger partial charge is 0.487 e. The molecule has 0 saturated carbocycles. The molecular weight excluding hydrogens is 460 g/mol. The molecule has 0 saturated heterocycles. The highest BCUT2D eigenvalue weighted by Crippen LogP contribution is 2.20. The molecule has 0 amide bonds. The van der Waals surface area contributed by atoms with Gasteiger partial charge in [-0.05, 0) is 31.4 Å². The van der Waals surface area contributed by atoms with Crippen molar-refractivity contribution < 1.29 is 41.0 Å². The summed E-state index contributed by atoms with van der Waals surface area (Å²) in [6, 6.07) is 3.49. The second-order valence-corrected chi connectivity index (χ2v) is 9.10. The fourth-order valence-electron chi connectivity index (χ4n) is 2.70. The van der Waals surface area contributed by atoms with Gasteiger partial charge in [0.05, 0.1) is 19.9 Å². The Morgan fingerprint density at radius 2 is 1.91 bits per heavy atom. The van der Waals surface area contributed by atoms with Gasteiger partial charge in [-0.3, -0.25) is 9.59 Å². The minimum absolute atomic E-state index is 0.0275. The first-order valence-electron chi connectivity index (χ1n) is 10.3. The van der Waals surface area contributed by atoms with E-state index >= 15 is 0 Å². The van der Waals surface area contributed by atoms with Gasteiger partial charge in [0.2, 0.25) is 15.8 Å². The first kappa shape index (κ1) is 28.3. The van der Waals surface area contributed by atoms with Crippen molar-refractivity contribution in [3.8, 4) is 17.6 Å². The van der Waals surface area contributed by atoms with Crippen LogP contribution in [0.4, 0.5) is 8.78 Å². The number of carbonyl (C=O) groups is 2. The lowest BCUT2D eigenvalue weighted by molar-refractivity contribution is -0.148. The molecule has 0 fully saturated rings. The Bertz CT molecular complexity index is 957. The number of rotatable bonds is 13. The molecule has 0 bridgehead atoms. The van der Waals surface area contributed by atoms with Crippen molar-refractivity contribution in [3.05, 3.63) is 29.8 Å². The van der Waals surface area contributed by atoms with Gasteiger partial charge >= 0.3 is 11.9 Å². The zero-order chi connectivity index (χ0) is 24.9. The predicted molar refractivity (Wildman–Crippen MR) is 117 cm³/mol. The minimum Gasteiger partial charge on any atom is -0.487 e. The van der Waals surface area contributed by atoms with Crippen LogP contribution in [0.15, 0.2) is 18.2 Å². The van der Waals surface area contributed by atoms with Crippen molar-refractivity contribution in [2.45, 2.75) is 45.1 Å². The second-order valence-electron chi connectivity index (χ2n) is 7.12. The molecule has 0 aliphatic carbocycles. The van der Waals surface area contributed by atoms with Crippen LogP contribution in [0.1, 0.15) is 39.0 Å². The highest BCUT2D eigenvalue weighted by molar-refractivity contribution is 7.88. The second kappa shape index (κ2) is 14.4. The number of nitrogens with zero attached hydrogens (tertiary/aromatic N) is 1. The summed E-state index contributed by atoms with van der Waals surface area (Å²) < 4.78 is 67.2. The lowest BCUT2D eigenvalue weighted by Gasteiger charge is -2.21. The van der Waals surface area contributed by atoms with E-state index in [9.17, 15) is 26.8 Å². The number of ether oxygens (including phenoxy) is 3. The third kappa shape index (κ3) is 11.6. The Kier molecular flexibility index (Phi) is 12.4. The maximum Gasteiger partial charge on any atom is 0.305 e. The molecule has 0 aromatic heterocycles. The molecule has 0 radical (unpaired) electrons. The number of halogens is 2. The first-order valence-corrected chi connectivity index (χ1v) is 12.1. The van der Waals surface area contributed by atoms with Crippen LogP contribution in [-0.4, -0.2) is 63.8 Å². The van der Waals surface area contributed by atoms with Crippen molar-refractivity contribution in [1.82, 2.24) is 4.31 Å². The predicted octanol–water partition coefficient (Wildman–Crippen LogP) is 2.66. The number of benzene rings is 1. The van der Waals surface area contributed by atoms with Crippen LogP contribution in [0.25, 0.3) is 0 Å². The Morgan fingerprint density at radius 1 is 1.18 bits per heavy atom. The minimum atomic E-state index is -3.54. The van der Waals surface area contributed by atoms with Crippen LogP contribution in [0.5, 0.6) is 5.75 Å². The third-order valence-electron chi connectivity index (χ3n) is 4.37. The van der Waals surface area contributed by atoms with Gasteiger partial charge in [0.1, 0.15) is 12.7 Å². The lowest BCUT2D eigenvalue weighted by atomic mass is 10.2. The molecular formula is C22H29F2NO7S. The van der Waals surface area contributed by atoms with Gasteiger partial charge in [-0.2, -0.15) is 8.70 Å². The monoisotopic (exact) mass is 489 g/mol. The Morgan fingerprint density at radius 3 is 2.55 bits per heavy atom. The fraction of sp³-hybridized carbons (Fsp3) is 0.545. The van der Waals surface area contributed by atoms with Crippen LogP contribution in [0, 0.1) is 23.5 Å². The van der Waals surface area contributed by atoms with Crippen molar-refractivity contribution in [1.29, 1.82) is 0 Å². The number of carbonyl (C=O) groups excluding carboxylic acids is 2. The standard InChI is InChI=1S/C22H29F2NO7S/c1-17(26)32-18(16-31-20-12-8-11-19(23)22(20)24)10-9-15-25(33(3,28)29)14-7-5-4-6-13-21(27)30-2/h8,11-12,18H,4,6,9-10,13-16H2,1-3H3. The Labute approximate surface area is 193 Å². The van der Waals surface area contributed by atoms with Gasteiger partial charge in [0.15, 0.2) is 11.6 Å². The molecule has 0 N–H and O–H groups in total. The molecule has 1 aromatic rings. The molecule has 1 rings (SSSR count). The van der Waals surface area contributed by atoms with Crippen molar-refractivity contribution in [2.24, 2.45) is 0 Å². The molecule has 0 aliphatic heterocycles. The highest BCUT2D eigenvalue weighted by Gasteiger charge is 2.19. The fourth-order valence-corrected chi connectivity index (χ4v) is 3.46. The summed E-state index contributed by atoms with van der Waals surface area (Å²) in [5.41, 5.74) is 0. The van der Waals surface area contributed by atoms with Gasteiger partial charge in [-0.1, -0.05) is 12.0 Å². The van der Waals surface area contributed by atoms with Gasteiger partial charge in [0.25, 0.3) is 0 Å². The molecule has 1 unspecified atom stereocenters. The van der Waals surface area contributed by atoms with Crippen LogP contribution in [-0.2, 0) is 29.1 Å². The first-order chi connectivity index (χ1) is 15.5. The summed E-state index contributed by atoms with van der Waals surface area (Å²) in [6.07, 6.45) is 1.99. The van der Waals surface area contributed by atoms with Crippen LogP contribution in [0.3, 0.4) is 0 Å². The number of methoxy groups -OCH3 is 1. The smallest absolute Gasteiger partial charge is 0.305 e. The Hall–Kier alpha value is -2.71. The summed E-state index contributed by atoms with van der Waals surface area (Å²) in [6.45, 7) is 1.06. The van der Waals surface area contributed by atoms with E-state index in [1.807, 2.05) is 0 Å². The van der Waals surface area contributed by atoms with Crippen molar-refractivity contribution in [3.63, 3.8) is 0 Å². The van der Waals surface area contributed by atoms with E-state index in [-0.39, 0.29) is 44.3 Å². The summed E-state index contributed by atoms with van der Waals surface area (Å²) in [7, 11) is -2.23. The van der Waals surface area contributed by atoms with Crippen molar-refractivity contribution in [2.75, 3.05) is 33.1 Å². The molecule has 8 nitrogen and oxygen atoms in total. The number of esters is 2. The van der Waals surface area contributed by atoms with Crippen LogP contribution >= 0.6 is 0 Å². The van der Waals surface area contributed by atoms with Gasteiger partial charge in [-0.25, -0.2) is 12.8 Å². The van der Waals surface area contributed by atoms with Gasteiger partial charge < -0.3 is 14.2 Å². The van der Waals surface area contributed by atoms with Crippen LogP contribution in [0.2, 0.25) is 0 Å². The molecule has 1 aromatic carbocycles. The zero-order valence-electron chi connectivity index (χ0n) is 18.9. The molecule has 0 heterocycles. The molecule has 1 atom stereocenters. The average Bonchev–Trinajstić information content (AvgIpc) is 2.74. The van der Waals surface area contributed by atoms with E-state index in [4.69, 9.17) is 9.47 Å². The lowest BCUT2D eigenvalue weighted by Crippen LogP contribution is -2.33. The molecule has 184 valence electrons. The molecule has 33 heavy (non-hydrogen) atoms. The molecule has 11 heteroatoms. The number of sulfonamides is 1. The summed E-state index contributed by atoms with van der Waals surface area (Å²) in [4.78, 5) is 22.4. The summed E-state index contributed by atoms with van der Waals surface area (Å²) >= 11 is 0.